The number of ether oxygens (including phenoxy) is 1. The quantitative estimate of drug-likeness (QED) is 0.669. The Morgan fingerprint density at radius 3 is 2.73 bits per heavy atom. The van der Waals surface area contributed by atoms with Gasteiger partial charge in [-0.05, 0) is 31.2 Å². The summed E-state index contributed by atoms with van der Waals surface area (Å²) < 4.78 is 46.4. The second kappa shape index (κ2) is 6.66. The molecule has 136 valence electrons. The SMILES string of the molecule is CC(Oc1ncccc1Nc1ncnc2cc(N)cc(F)c12)C(C)(F)F. The monoisotopic (exact) mass is 363 g/mol. The van der Waals surface area contributed by atoms with Crippen LogP contribution < -0.4 is 15.8 Å². The Balaban J connectivity index is 1.99. The molecule has 3 N–H and O–H groups in total. The highest BCUT2D eigenvalue weighted by Gasteiger charge is 2.33. The summed E-state index contributed by atoms with van der Waals surface area (Å²) in [5, 5.41) is 2.98. The van der Waals surface area contributed by atoms with Crippen molar-refractivity contribution in [3.8, 4) is 5.88 Å². The number of nitrogens with one attached hydrogen (secondary N) is 1. The number of rotatable bonds is 5. The molecule has 0 amide bonds. The van der Waals surface area contributed by atoms with Crippen molar-refractivity contribution in [1.82, 2.24) is 15.0 Å². The Kier molecular flexibility index (Phi) is 4.54. The van der Waals surface area contributed by atoms with Gasteiger partial charge in [-0.1, -0.05) is 0 Å². The fourth-order valence-corrected chi connectivity index (χ4v) is 2.24. The smallest absolute Gasteiger partial charge is 0.281 e. The van der Waals surface area contributed by atoms with Crippen molar-refractivity contribution in [2.45, 2.75) is 25.9 Å². The van der Waals surface area contributed by atoms with Gasteiger partial charge in [-0.15, -0.1) is 0 Å². The van der Waals surface area contributed by atoms with Crippen LogP contribution in [0.4, 0.5) is 30.4 Å². The molecule has 0 radical (unpaired) electrons. The normalized spacial score (nSPS) is 12.8. The lowest BCUT2D eigenvalue weighted by Gasteiger charge is -2.21. The fourth-order valence-electron chi connectivity index (χ4n) is 2.24. The molecule has 3 aromatic rings. The van der Waals surface area contributed by atoms with Gasteiger partial charge in [0.15, 0.2) is 6.10 Å². The fraction of sp³-hybridized carbons (Fsp3) is 0.235. The molecule has 0 aliphatic rings. The third kappa shape index (κ3) is 3.61. The van der Waals surface area contributed by atoms with Gasteiger partial charge in [0.1, 0.15) is 23.6 Å². The molecular weight excluding hydrogens is 347 g/mol. The molecule has 1 unspecified atom stereocenters. The molecule has 2 aromatic heterocycles. The minimum Gasteiger partial charge on any atom is -0.467 e. The Morgan fingerprint density at radius 1 is 1.23 bits per heavy atom. The molecule has 0 saturated heterocycles. The van der Waals surface area contributed by atoms with Crippen LogP contribution in [0.2, 0.25) is 0 Å². The summed E-state index contributed by atoms with van der Waals surface area (Å²) in [5.74, 6) is -3.58. The second-order valence-electron chi connectivity index (χ2n) is 5.82. The molecule has 1 atom stereocenters. The summed E-state index contributed by atoms with van der Waals surface area (Å²) in [6.07, 6.45) is 1.24. The summed E-state index contributed by atoms with van der Waals surface area (Å²) in [4.78, 5) is 12.0. The van der Waals surface area contributed by atoms with E-state index in [9.17, 15) is 13.2 Å². The maximum Gasteiger partial charge on any atom is 0.281 e. The number of pyridine rings is 1. The van der Waals surface area contributed by atoms with Crippen LogP contribution >= 0.6 is 0 Å². The zero-order valence-electron chi connectivity index (χ0n) is 14.0. The number of fused-ring (bicyclic) bond motifs is 1. The summed E-state index contributed by atoms with van der Waals surface area (Å²) in [5.41, 5.74) is 6.42. The van der Waals surface area contributed by atoms with Crippen molar-refractivity contribution < 1.29 is 17.9 Å². The van der Waals surface area contributed by atoms with Gasteiger partial charge in [-0.25, -0.2) is 28.1 Å². The van der Waals surface area contributed by atoms with E-state index in [1.54, 1.807) is 12.1 Å². The van der Waals surface area contributed by atoms with Crippen molar-refractivity contribution in [3.05, 3.63) is 42.6 Å². The van der Waals surface area contributed by atoms with Crippen LogP contribution in [-0.2, 0) is 0 Å². The average molecular weight is 363 g/mol. The van der Waals surface area contributed by atoms with E-state index < -0.39 is 17.8 Å². The van der Waals surface area contributed by atoms with E-state index in [4.69, 9.17) is 10.5 Å². The summed E-state index contributed by atoms with van der Waals surface area (Å²) in [6, 6.07) is 5.80. The number of nitrogens with zero attached hydrogens (tertiary/aromatic N) is 3. The van der Waals surface area contributed by atoms with Gasteiger partial charge in [0.05, 0.1) is 10.9 Å². The highest BCUT2D eigenvalue weighted by molar-refractivity contribution is 5.93. The lowest BCUT2D eigenvalue weighted by atomic mass is 10.2. The number of alkyl halides is 2. The number of hydrogen-bond donors (Lipinski definition) is 2. The first kappa shape index (κ1) is 17.7. The predicted molar refractivity (Wildman–Crippen MR) is 92.1 cm³/mol. The summed E-state index contributed by atoms with van der Waals surface area (Å²) >= 11 is 0. The standard InChI is InChI=1S/C17H16F3N5O/c1-9(17(2,19)20)26-16-12(4-3-5-22-16)25-15-14-11(18)6-10(21)7-13(14)23-8-24-15/h3-9H,21H2,1-2H3,(H,23,24,25). The highest BCUT2D eigenvalue weighted by atomic mass is 19.3. The molecule has 0 saturated carbocycles. The Hall–Kier alpha value is -3.10. The van der Waals surface area contributed by atoms with Gasteiger partial charge < -0.3 is 15.8 Å². The zero-order valence-corrected chi connectivity index (χ0v) is 14.0. The molecule has 0 aliphatic heterocycles. The number of anilines is 3. The van der Waals surface area contributed by atoms with E-state index in [0.717, 1.165) is 13.0 Å². The number of aromatic nitrogens is 3. The maximum absolute atomic E-state index is 14.3. The van der Waals surface area contributed by atoms with E-state index in [-0.39, 0.29) is 28.5 Å². The number of hydrogen-bond acceptors (Lipinski definition) is 6. The third-order valence-electron chi connectivity index (χ3n) is 3.74. The number of nitrogen functional groups attached to an aromatic ring is 1. The Labute approximate surface area is 147 Å². The molecule has 9 heteroatoms. The number of benzene rings is 1. The van der Waals surface area contributed by atoms with Crippen LogP contribution in [-0.4, -0.2) is 27.0 Å². The zero-order chi connectivity index (χ0) is 18.9. The van der Waals surface area contributed by atoms with Gasteiger partial charge >= 0.3 is 0 Å². The minimum atomic E-state index is -3.06. The lowest BCUT2D eigenvalue weighted by molar-refractivity contribution is -0.0729. The minimum absolute atomic E-state index is 0.0517. The van der Waals surface area contributed by atoms with Crippen LogP contribution in [0.5, 0.6) is 5.88 Å². The molecule has 1 aromatic carbocycles. The van der Waals surface area contributed by atoms with Gasteiger partial charge in [-0.2, -0.15) is 0 Å². The van der Waals surface area contributed by atoms with Crippen molar-refractivity contribution in [2.24, 2.45) is 0 Å². The van der Waals surface area contributed by atoms with Gasteiger partial charge in [0.2, 0.25) is 5.88 Å². The predicted octanol–water partition coefficient (Wildman–Crippen LogP) is 3.91. The Bertz CT molecular complexity index is 945. The molecule has 6 nitrogen and oxygen atoms in total. The van der Waals surface area contributed by atoms with Crippen LogP contribution in [0.1, 0.15) is 13.8 Å². The molecule has 3 rings (SSSR count). The van der Waals surface area contributed by atoms with Crippen molar-refractivity contribution in [2.75, 3.05) is 11.1 Å². The van der Waals surface area contributed by atoms with Crippen molar-refractivity contribution in [1.29, 1.82) is 0 Å². The molecule has 0 aliphatic carbocycles. The van der Waals surface area contributed by atoms with Gasteiger partial charge in [-0.3, -0.25) is 0 Å². The largest absolute Gasteiger partial charge is 0.467 e. The van der Waals surface area contributed by atoms with Crippen LogP contribution in [0.25, 0.3) is 10.9 Å². The van der Waals surface area contributed by atoms with E-state index in [1.165, 1.54) is 25.5 Å². The summed E-state index contributed by atoms with van der Waals surface area (Å²) in [6.45, 7) is 1.99. The topological polar surface area (TPSA) is 86.0 Å². The number of nitrogens with two attached hydrogens (primary N) is 1. The molecule has 2 heterocycles. The van der Waals surface area contributed by atoms with Gasteiger partial charge in [0, 0.05) is 18.8 Å². The third-order valence-corrected chi connectivity index (χ3v) is 3.74. The molecular formula is C17H16F3N5O. The van der Waals surface area contributed by atoms with E-state index in [0.29, 0.717) is 5.52 Å². The summed E-state index contributed by atoms with van der Waals surface area (Å²) in [7, 11) is 0. The van der Waals surface area contributed by atoms with Crippen LogP contribution in [0, 0.1) is 5.82 Å². The molecule has 0 fully saturated rings. The average Bonchev–Trinajstić information content (AvgIpc) is 2.55. The first-order valence-electron chi connectivity index (χ1n) is 7.72. The van der Waals surface area contributed by atoms with E-state index >= 15 is 0 Å². The van der Waals surface area contributed by atoms with Crippen LogP contribution in [0.3, 0.4) is 0 Å². The van der Waals surface area contributed by atoms with E-state index in [1.807, 2.05) is 0 Å². The van der Waals surface area contributed by atoms with Crippen molar-refractivity contribution in [3.63, 3.8) is 0 Å². The molecule has 26 heavy (non-hydrogen) atoms. The highest BCUT2D eigenvalue weighted by Crippen LogP contribution is 2.32. The lowest BCUT2D eigenvalue weighted by Crippen LogP contribution is -2.32. The van der Waals surface area contributed by atoms with Crippen molar-refractivity contribution >= 4 is 28.1 Å². The molecule has 0 bridgehead atoms. The number of halogens is 3. The first-order chi connectivity index (χ1) is 12.3. The first-order valence-corrected chi connectivity index (χ1v) is 7.72. The van der Waals surface area contributed by atoms with E-state index in [2.05, 4.69) is 20.3 Å². The second-order valence-corrected chi connectivity index (χ2v) is 5.82. The Morgan fingerprint density at radius 2 is 2.00 bits per heavy atom. The van der Waals surface area contributed by atoms with Crippen LogP contribution in [0.15, 0.2) is 36.8 Å². The molecule has 0 spiro atoms. The van der Waals surface area contributed by atoms with Gasteiger partial charge in [0.25, 0.3) is 5.92 Å². The maximum atomic E-state index is 14.3.